The number of nitrogens with one attached hydrogen (secondary N) is 1. The molecule has 0 amide bonds. The summed E-state index contributed by atoms with van der Waals surface area (Å²) < 4.78 is 0. The van der Waals surface area contributed by atoms with Crippen molar-refractivity contribution in [2.45, 2.75) is 71.9 Å². The van der Waals surface area contributed by atoms with Crippen LogP contribution in [-0.4, -0.2) is 36.6 Å². The highest BCUT2D eigenvalue weighted by atomic mass is 15.2. The first-order valence-electron chi connectivity index (χ1n) is 7.61. The molecule has 0 saturated heterocycles. The van der Waals surface area contributed by atoms with Crippen LogP contribution in [0.15, 0.2) is 0 Å². The molecule has 1 fully saturated rings. The maximum absolute atomic E-state index is 3.64. The Labute approximate surface area is 108 Å². The fourth-order valence-corrected chi connectivity index (χ4v) is 2.33. The van der Waals surface area contributed by atoms with Crippen molar-refractivity contribution < 1.29 is 0 Å². The third kappa shape index (κ3) is 7.05. The van der Waals surface area contributed by atoms with Gasteiger partial charge in [0, 0.05) is 25.2 Å². The van der Waals surface area contributed by atoms with Crippen LogP contribution < -0.4 is 5.32 Å². The summed E-state index contributed by atoms with van der Waals surface area (Å²) in [5.74, 6) is 0.836. The smallest absolute Gasteiger partial charge is 0.0110 e. The predicted molar refractivity (Wildman–Crippen MR) is 76.4 cm³/mol. The summed E-state index contributed by atoms with van der Waals surface area (Å²) in [6.45, 7) is 12.9. The zero-order chi connectivity index (χ0) is 12.7. The summed E-state index contributed by atoms with van der Waals surface area (Å²) in [5.41, 5.74) is 0. The van der Waals surface area contributed by atoms with Gasteiger partial charge < -0.3 is 5.32 Å². The maximum Gasteiger partial charge on any atom is 0.0110 e. The Balaban J connectivity index is 2.11. The van der Waals surface area contributed by atoms with Crippen molar-refractivity contribution in [3.05, 3.63) is 0 Å². The van der Waals surface area contributed by atoms with E-state index < -0.39 is 0 Å². The molecule has 1 unspecified atom stereocenters. The van der Waals surface area contributed by atoms with Gasteiger partial charge in [-0.25, -0.2) is 0 Å². The Bertz CT molecular complexity index is 187. The van der Waals surface area contributed by atoms with Gasteiger partial charge in [-0.2, -0.15) is 0 Å². The van der Waals surface area contributed by atoms with Gasteiger partial charge in [0.25, 0.3) is 0 Å². The molecule has 0 aliphatic heterocycles. The molecule has 2 heteroatoms. The van der Waals surface area contributed by atoms with E-state index in [0.717, 1.165) is 18.5 Å². The maximum atomic E-state index is 3.64. The van der Waals surface area contributed by atoms with E-state index in [1.807, 2.05) is 0 Å². The molecule has 0 bridgehead atoms. The third-order valence-corrected chi connectivity index (χ3v) is 3.67. The van der Waals surface area contributed by atoms with E-state index >= 15 is 0 Å². The lowest BCUT2D eigenvalue weighted by atomic mass is 10.1. The average molecular weight is 240 g/mol. The van der Waals surface area contributed by atoms with Crippen LogP contribution in [0.1, 0.15) is 59.8 Å². The van der Waals surface area contributed by atoms with Crippen LogP contribution >= 0.6 is 0 Å². The van der Waals surface area contributed by atoms with E-state index in [9.17, 15) is 0 Å². The van der Waals surface area contributed by atoms with Crippen molar-refractivity contribution in [1.29, 1.82) is 0 Å². The quantitative estimate of drug-likeness (QED) is 0.630. The van der Waals surface area contributed by atoms with Gasteiger partial charge in [0.2, 0.25) is 0 Å². The third-order valence-electron chi connectivity index (χ3n) is 3.67. The fraction of sp³-hybridized carbons (Fsp3) is 1.00. The van der Waals surface area contributed by atoms with Crippen LogP contribution in [0.25, 0.3) is 0 Å². The van der Waals surface area contributed by atoms with Gasteiger partial charge in [-0.1, -0.05) is 27.2 Å². The number of rotatable bonds is 10. The first-order chi connectivity index (χ1) is 8.13. The van der Waals surface area contributed by atoms with Crippen molar-refractivity contribution in [3.8, 4) is 0 Å². The van der Waals surface area contributed by atoms with E-state index in [-0.39, 0.29) is 0 Å². The van der Waals surface area contributed by atoms with Crippen molar-refractivity contribution >= 4 is 0 Å². The summed E-state index contributed by atoms with van der Waals surface area (Å²) >= 11 is 0. The SMILES string of the molecule is CCCC(C)NCCN(CCC(C)C)C1CC1. The van der Waals surface area contributed by atoms with Gasteiger partial charge in [0.1, 0.15) is 0 Å². The molecule has 0 aromatic carbocycles. The Morgan fingerprint density at radius 1 is 1.12 bits per heavy atom. The van der Waals surface area contributed by atoms with Crippen LogP contribution in [-0.2, 0) is 0 Å². The van der Waals surface area contributed by atoms with Crippen molar-refractivity contribution in [1.82, 2.24) is 10.2 Å². The Morgan fingerprint density at radius 2 is 1.82 bits per heavy atom. The second-order valence-electron chi connectivity index (χ2n) is 6.09. The zero-order valence-electron chi connectivity index (χ0n) is 12.3. The molecule has 0 radical (unpaired) electrons. The predicted octanol–water partition coefficient (Wildman–Crippen LogP) is 3.28. The summed E-state index contributed by atoms with van der Waals surface area (Å²) in [4.78, 5) is 2.70. The highest BCUT2D eigenvalue weighted by molar-refractivity contribution is 4.85. The molecule has 0 heterocycles. The summed E-state index contributed by atoms with van der Waals surface area (Å²) in [7, 11) is 0. The van der Waals surface area contributed by atoms with E-state index in [2.05, 4.69) is 37.9 Å². The van der Waals surface area contributed by atoms with Gasteiger partial charge in [0.05, 0.1) is 0 Å². The minimum absolute atomic E-state index is 0.686. The fourth-order valence-electron chi connectivity index (χ4n) is 2.33. The molecule has 0 aromatic rings. The van der Waals surface area contributed by atoms with Crippen molar-refractivity contribution in [2.75, 3.05) is 19.6 Å². The normalized spacial score (nSPS) is 18.0. The second-order valence-corrected chi connectivity index (χ2v) is 6.09. The van der Waals surface area contributed by atoms with Crippen LogP contribution in [0.5, 0.6) is 0 Å². The standard InChI is InChI=1S/C15H32N2/c1-5-6-14(4)16-10-12-17(15-7-8-15)11-9-13(2)3/h13-16H,5-12H2,1-4H3. The van der Waals surface area contributed by atoms with E-state index in [1.54, 1.807) is 0 Å². The van der Waals surface area contributed by atoms with Gasteiger partial charge in [-0.15, -0.1) is 0 Å². The first-order valence-corrected chi connectivity index (χ1v) is 7.61. The van der Waals surface area contributed by atoms with E-state index in [1.165, 1.54) is 45.2 Å². The number of hydrogen-bond donors (Lipinski definition) is 1. The molecule has 2 nitrogen and oxygen atoms in total. The monoisotopic (exact) mass is 240 g/mol. The van der Waals surface area contributed by atoms with Gasteiger partial charge in [-0.3, -0.25) is 4.90 Å². The molecule has 17 heavy (non-hydrogen) atoms. The zero-order valence-corrected chi connectivity index (χ0v) is 12.3. The van der Waals surface area contributed by atoms with E-state index in [4.69, 9.17) is 0 Å². The minimum atomic E-state index is 0.686. The van der Waals surface area contributed by atoms with Crippen molar-refractivity contribution in [3.63, 3.8) is 0 Å². The molecule has 0 spiro atoms. The van der Waals surface area contributed by atoms with Gasteiger partial charge >= 0.3 is 0 Å². The first kappa shape index (κ1) is 15.0. The van der Waals surface area contributed by atoms with Gasteiger partial charge in [-0.05, 0) is 45.1 Å². The Kier molecular flexibility index (Phi) is 7.14. The molecule has 1 aliphatic rings. The molecule has 1 rings (SSSR count). The molecular formula is C15H32N2. The van der Waals surface area contributed by atoms with Crippen LogP contribution in [0, 0.1) is 5.92 Å². The topological polar surface area (TPSA) is 15.3 Å². The lowest BCUT2D eigenvalue weighted by Gasteiger charge is -2.24. The average Bonchev–Trinajstić information content (AvgIpc) is 3.07. The second kappa shape index (κ2) is 8.10. The summed E-state index contributed by atoms with van der Waals surface area (Å²) in [6.07, 6.45) is 6.80. The summed E-state index contributed by atoms with van der Waals surface area (Å²) in [6, 6.07) is 1.60. The molecule has 102 valence electrons. The van der Waals surface area contributed by atoms with Gasteiger partial charge in [0.15, 0.2) is 0 Å². The molecular weight excluding hydrogens is 208 g/mol. The highest BCUT2D eigenvalue weighted by Crippen LogP contribution is 2.26. The molecule has 1 atom stereocenters. The highest BCUT2D eigenvalue weighted by Gasteiger charge is 2.28. The van der Waals surface area contributed by atoms with Crippen LogP contribution in [0.4, 0.5) is 0 Å². The van der Waals surface area contributed by atoms with E-state index in [0.29, 0.717) is 6.04 Å². The number of nitrogens with zero attached hydrogens (tertiary/aromatic N) is 1. The molecule has 1 aliphatic carbocycles. The largest absolute Gasteiger partial charge is 0.313 e. The number of hydrogen-bond acceptors (Lipinski definition) is 2. The summed E-state index contributed by atoms with van der Waals surface area (Å²) in [5, 5.41) is 3.64. The minimum Gasteiger partial charge on any atom is -0.313 e. The molecule has 1 saturated carbocycles. The van der Waals surface area contributed by atoms with Crippen molar-refractivity contribution in [2.24, 2.45) is 5.92 Å². The molecule has 1 N–H and O–H groups in total. The molecule has 0 aromatic heterocycles. The lowest BCUT2D eigenvalue weighted by Crippen LogP contribution is -2.37. The Hall–Kier alpha value is -0.0800. The van der Waals surface area contributed by atoms with Crippen LogP contribution in [0.3, 0.4) is 0 Å². The lowest BCUT2D eigenvalue weighted by molar-refractivity contribution is 0.244. The van der Waals surface area contributed by atoms with Crippen LogP contribution in [0.2, 0.25) is 0 Å². The Morgan fingerprint density at radius 3 is 2.35 bits per heavy atom.